The van der Waals surface area contributed by atoms with Gasteiger partial charge in [-0.1, -0.05) is 12.1 Å². The van der Waals surface area contributed by atoms with E-state index in [0.717, 1.165) is 29.3 Å². The lowest BCUT2D eigenvalue weighted by atomic mass is 10.1. The zero-order valence-corrected chi connectivity index (χ0v) is 18.3. The first-order chi connectivity index (χ1) is 15.7. The van der Waals surface area contributed by atoms with E-state index < -0.39 is 11.7 Å². The molecular formula is C23H19F4N3O2S. The van der Waals surface area contributed by atoms with Gasteiger partial charge in [0.1, 0.15) is 17.6 Å². The molecule has 10 heteroatoms. The van der Waals surface area contributed by atoms with Crippen LogP contribution in [0.25, 0.3) is 10.4 Å². The van der Waals surface area contributed by atoms with Gasteiger partial charge in [0.25, 0.3) is 5.91 Å². The molecule has 0 N–H and O–H groups in total. The molecule has 3 atom stereocenters. The van der Waals surface area contributed by atoms with Crippen molar-refractivity contribution in [3.8, 4) is 16.3 Å². The van der Waals surface area contributed by atoms with Crippen LogP contribution < -0.4 is 4.74 Å². The first-order valence-corrected chi connectivity index (χ1v) is 11.2. The van der Waals surface area contributed by atoms with Crippen molar-refractivity contribution in [1.29, 1.82) is 0 Å². The molecule has 1 saturated heterocycles. The highest BCUT2D eigenvalue weighted by Gasteiger charge is 2.49. The van der Waals surface area contributed by atoms with E-state index in [0.29, 0.717) is 23.5 Å². The Balaban J connectivity index is 1.35. The van der Waals surface area contributed by atoms with Gasteiger partial charge in [0.05, 0.1) is 21.5 Å². The van der Waals surface area contributed by atoms with Crippen molar-refractivity contribution in [3.05, 3.63) is 64.7 Å². The number of hydrogen-bond acceptors (Lipinski definition) is 5. The van der Waals surface area contributed by atoms with Crippen molar-refractivity contribution < 1.29 is 27.1 Å². The molecule has 0 spiro atoms. The fraction of sp³-hybridized carbons (Fsp3) is 0.348. The first-order valence-electron chi connectivity index (χ1n) is 10.4. The Kier molecular flexibility index (Phi) is 5.35. The summed E-state index contributed by atoms with van der Waals surface area (Å²) in [6, 6.07) is 7.86. The third kappa shape index (κ3) is 4.19. The molecule has 172 valence electrons. The summed E-state index contributed by atoms with van der Waals surface area (Å²) >= 11 is 1.37. The van der Waals surface area contributed by atoms with Gasteiger partial charge in [0.2, 0.25) is 5.88 Å². The average Bonchev–Trinajstić information content (AvgIpc) is 3.47. The molecule has 2 aliphatic rings. The van der Waals surface area contributed by atoms with Crippen LogP contribution >= 0.6 is 11.3 Å². The summed E-state index contributed by atoms with van der Waals surface area (Å²) in [5, 5.41) is 0.726. The van der Waals surface area contributed by atoms with E-state index in [1.165, 1.54) is 29.5 Å². The Morgan fingerprint density at radius 2 is 1.91 bits per heavy atom. The number of hydrogen-bond donors (Lipinski definition) is 0. The number of carbonyl (C=O) groups is 1. The summed E-state index contributed by atoms with van der Waals surface area (Å²) in [6.45, 7) is 2.38. The van der Waals surface area contributed by atoms with Gasteiger partial charge in [-0.05, 0) is 49.4 Å². The first kappa shape index (κ1) is 21.8. The maximum absolute atomic E-state index is 13.5. The van der Waals surface area contributed by atoms with Crippen LogP contribution in [0.5, 0.6) is 5.88 Å². The van der Waals surface area contributed by atoms with E-state index in [2.05, 4.69) is 9.97 Å². The molecule has 2 bridgehead atoms. The van der Waals surface area contributed by atoms with Crippen LogP contribution in [0.4, 0.5) is 17.6 Å². The summed E-state index contributed by atoms with van der Waals surface area (Å²) in [4.78, 5) is 24.1. The zero-order valence-electron chi connectivity index (χ0n) is 17.5. The molecule has 1 aliphatic heterocycles. The highest BCUT2D eigenvalue weighted by Crippen LogP contribution is 2.42. The zero-order chi connectivity index (χ0) is 23.3. The number of thiazole rings is 1. The largest absolute Gasteiger partial charge is 0.472 e. The predicted octanol–water partition coefficient (Wildman–Crippen LogP) is 5.35. The van der Waals surface area contributed by atoms with Gasteiger partial charge in [-0.2, -0.15) is 13.2 Å². The minimum absolute atomic E-state index is 0.101. The fourth-order valence-electron chi connectivity index (χ4n) is 4.60. The SMILES string of the molecule is Cc1nc(C(=O)N2CC3CC(Oc4ccc(C(F)(F)F)cn4)[C@H]2C3)c(-c2ccc(F)cc2)s1. The molecule has 2 fully saturated rings. The second kappa shape index (κ2) is 8.09. The van der Waals surface area contributed by atoms with E-state index >= 15 is 0 Å². The molecule has 2 unspecified atom stereocenters. The Hall–Kier alpha value is -3.01. The lowest BCUT2D eigenvalue weighted by Gasteiger charge is -2.33. The molecular weight excluding hydrogens is 458 g/mol. The lowest BCUT2D eigenvalue weighted by Crippen LogP contribution is -2.47. The molecule has 0 radical (unpaired) electrons. The molecule has 33 heavy (non-hydrogen) atoms. The van der Waals surface area contributed by atoms with E-state index in [9.17, 15) is 22.4 Å². The highest BCUT2D eigenvalue weighted by molar-refractivity contribution is 7.15. The lowest BCUT2D eigenvalue weighted by molar-refractivity contribution is -0.137. The molecule has 5 nitrogen and oxygen atoms in total. The third-order valence-electron chi connectivity index (χ3n) is 6.06. The molecule has 2 aromatic heterocycles. The number of rotatable bonds is 4. The molecule has 1 saturated carbocycles. The van der Waals surface area contributed by atoms with E-state index in [4.69, 9.17) is 4.74 Å². The van der Waals surface area contributed by atoms with Gasteiger partial charge in [-0.25, -0.2) is 14.4 Å². The molecule has 1 aromatic carbocycles. The van der Waals surface area contributed by atoms with E-state index in [1.54, 1.807) is 17.0 Å². The number of carbonyl (C=O) groups excluding carboxylic acids is 1. The number of alkyl halides is 3. The number of fused-ring (bicyclic) bond motifs is 2. The smallest absolute Gasteiger partial charge is 0.417 e. The average molecular weight is 477 g/mol. The van der Waals surface area contributed by atoms with Crippen molar-refractivity contribution in [3.63, 3.8) is 0 Å². The molecule has 1 amide bonds. The number of ether oxygens (including phenoxy) is 1. The number of amides is 1. The van der Waals surface area contributed by atoms with Crippen LogP contribution in [0, 0.1) is 18.7 Å². The van der Waals surface area contributed by atoms with Crippen LogP contribution in [-0.2, 0) is 6.18 Å². The maximum Gasteiger partial charge on any atom is 0.417 e. The van der Waals surface area contributed by atoms with E-state index in [1.807, 2.05) is 6.92 Å². The van der Waals surface area contributed by atoms with Crippen molar-refractivity contribution in [2.75, 3.05) is 6.54 Å². The number of piperidine rings is 1. The van der Waals surface area contributed by atoms with Crippen LogP contribution in [0.15, 0.2) is 42.6 Å². The number of pyridine rings is 1. The number of likely N-dealkylation sites (tertiary alicyclic amines) is 1. The summed E-state index contributed by atoms with van der Waals surface area (Å²) in [5.41, 5.74) is 0.200. The number of benzene rings is 1. The third-order valence-corrected chi connectivity index (χ3v) is 7.08. The quantitative estimate of drug-likeness (QED) is 0.475. The summed E-state index contributed by atoms with van der Waals surface area (Å²) in [5.74, 6) is -0.238. The summed E-state index contributed by atoms with van der Waals surface area (Å²) in [6.07, 6.45) is -2.61. The Bertz CT molecular complexity index is 1180. The summed E-state index contributed by atoms with van der Waals surface area (Å²) in [7, 11) is 0. The Morgan fingerprint density at radius 3 is 2.55 bits per heavy atom. The van der Waals surface area contributed by atoms with E-state index in [-0.39, 0.29) is 35.7 Å². The van der Waals surface area contributed by atoms with Gasteiger partial charge in [0, 0.05) is 18.8 Å². The van der Waals surface area contributed by atoms with Crippen molar-refractivity contribution >= 4 is 17.2 Å². The topological polar surface area (TPSA) is 55.3 Å². The van der Waals surface area contributed by atoms with Crippen LogP contribution in [-0.4, -0.2) is 39.5 Å². The van der Waals surface area contributed by atoms with Gasteiger partial charge >= 0.3 is 6.18 Å². The number of aromatic nitrogens is 2. The van der Waals surface area contributed by atoms with Gasteiger partial charge in [0.15, 0.2) is 0 Å². The number of halogens is 4. The standard InChI is InChI=1S/C23H19F4N3O2S/c1-12-29-20(21(33-12)14-2-5-16(24)6-3-14)22(31)30-11-13-8-17(30)18(9-13)32-19-7-4-15(10-28-19)23(25,26)27/h2-7,10,13,17-18H,8-9,11H2,1H3/t13?,17-,18?/m1/s1. The molecule has 5 rings (SSSR count). The highest BCUT2D eigenvalue weighted by atomic mass is 32.1. The van der Waals surface area contributed by atoms with Crippen LogP contribution in [0.3, 0.4) is 0 Å². The monoisotopic (exact) mass is 477 g/mol. The van der Waals surface area contributed by atoms with Gasteiger partial charge in [-0.15, -0.1) is 11.3 Å². The molecule has 3 aromatic rings. The van der Waals surface area contributed by atoms with Crippen LogP contribution in [0.1, 0.15) is 33.9 Å². The maximum atomic E-state index is 13.5. The second-order valence-electron chi connectivity index (χ2n) is 8.32. The van der Waals surface area contributed by atoms with Crippen molar-refractivity contribution in [2.45, 2.75) is 38.1 Å². The molecule has 1 aliphatic carbocycles. The minimum atomic E-state index is -4.46. The van der Waals surface area contributed by atoms with Crippen molar-refractivity contribution in [1.82, 2.24) is 14.9 Å². The van der Waals surface area contributed by atoms with Crippen LogP contribution in [0.2, 0.25) is 0 Å². The number of nitrogens with zero attached hydrogens (tertiary/aromatic N) is 3. The van der Waals surface area contributed by atoms with Gasteiger partial charge < -0.3 is 9.64 Å². The van der Waals surface area contributed by atoms with Gasteiger partial charge in [-0.3, -0.25) is 4.79 Å². The Labute approximate surface area is 191 Å². The number of aryl methyl sites for hydroxylation is 1. The fourth-order valence-corrected chi connectivity index (χ4v) is 5.52. The Morgan fingerprint density at radius 1 is 1.15 bits per heavy atom. The predicted molar refractivity (Wildman–Crippen MR) is 113 cm³/mol. The molecule has 3 heterocycles. The summed E-state index contributed by atoms with van der Waals surface area (Å²) < 4.78 is 57.6. The normalized spacial score (nSPS) is 22.1. The second-order valence-corrected chi connectivity index (χ2v) is 9.52. The minimum Gasteiger partial charge on any atom is -0.472 e. The van der Waals surface area contributed by atoms with Crippen molar-refractivity contribution in [2.24, 2.45) is 5.92 Å².